The lowest BCUT2D eigenvalue weighted by atomic mass is 9.89. The van der Waals surface area contributed by atoms with Crippen molar-refractivity contribution in [1.82, 2.24) is 10.3 Å². The molecule has 1 N–H and O–H groups in total. The lowest BCUT2D eigenvalue weighted by molar-refractivity contribution is -0.0978. The number of hydrogen-bond acceptors (Lipinski definition) is 4. The minimum atomic E-state index is -0.0615. The maximum atomic E-state index is 12.0. The van der Waals surface area contributed by atoms with Crippen LogP contribution in [0.2, 0.25) is 0 Å². The average Bonchev–Trinajstić information content (AvgIpc) is 2.33. The molecule has 0 bridgehead atoms. The number of anilines is 1. The van der Waals surface area contributed by atoms with Crippen molar-refractivity contribution in [2.45, 2.75) is 6.92 Å². The number of pyridine rings is 1. The van der Waals surface area contributed by atoms with Crippen LogP contribution >= 0.6 is 0 Å². The molecule has 0 aromatic carbocycles. The van der Waals surface area contributed by atoms with Crippen LogP contribution in [-0.2, 0) is 4.74 Å². The number of amides is 1. The molecule has 1 aliphatic rings. The third-order valence-electron chi connectivity index (χ3n) is 3.04. The normalized spacial score (nSPS) is 16.8. The molecule has 2 rings (SSSR count). The zero-order chi connectivity index (χ0) is 13.2. The molecule has 0 spiro atoms. The Balaban J connectivity index is 1.98. The van der Waals surface area contributed by atoms with E-state index in [0.29, 0.717) is 25.3 Å². The molecule has 1 aromatic heterocycles. The summed E-state index contributed by atoms with van der Waals surface area (Å²) in [5, 5.41) is 2.94. The SMILES string of the molecule is CN(C)c1cc(C(=O)NCC2(C)COC2)ccn1. The van der Waals surface area contributed by atoms with E-state index in [9.17, 15) is 4.79 Å². The molecule has 5 nitrogen and oxygen atoms in total. The van der Waals surface area contributed by atoms with Gasteiger partial charge in [-0.15, -0.1) is 0 Å². The summed E-state index contributed by atoms with van der Waals surface area (Å²) in [6.45, 7) is 4.18. The van der Waals surface area contributed by atoms with Gasteiger partial charge in [-0.3, -0.25) is 4.79 Å². The van der Waals surface area contributed by atoms with Gasteiger partial charge in [0.2, 0.25) is 0 Å². The predicted molar refractivity (Wildman–Crippen MR) is 69.8 cm³/mol. The van der Waals surface area contributed by atoms with E-state index in [4.69, 9.17) is 4.74 Å². The van der Waals surface area contributed by atoms with Crippen molar-refractivity contribution in [2.75, 3.05) is 38.8 Å². The highest BCUT2D eigenvalue weighted by Crippen LogP contribution is 2.25. The van der Waals surface area contributed by atoms with E-state index in [1.807, 2.05) is 19.0 Å². The molecule has 18 heavy (non-hydrogen) atoms. The Morgan fingerprint density at radius 2 is 2.28 bits per heavy atom. The van der Waals surface area contributed by atoms with E-state index in [1.54, 1.807) is 18.3 Å². The summed E-state index contributed by atoms with van der Waals surface area (Å²) in [7, 11) is 3.80. The fraction of sp³-hybridized carbons (Fsp3) is 0.538. The molecule has 1 amide bonds. The van der Waals surface area contributed by atoms with Crippen molar-refractivity contribution < 1.29 is 9.53 Å². The number of carbonyl (C=O) groups is 1. The second kappa shape index (κ2) is 4.94. The summed E-state index contributed by atoms with van der Waals surface area (Å²) in [5.74, 6) is 0.717. The summed E-state index contributed by atoms with van der Waals surface area (Å²) in [6.07, 6.45) is 1.65. The summed E-state index contributed by atoms with van der Waals surface area (Å²) >= 11 is 0. The lowest BCUT2D eigenvalue weighted by Crippen LogP contribution is -2.48. The monoisotopic (exact) mass is 249 g/mol. The number of carbonyl (C=O) groups excluding carboxylic acids is 1. The van der Waals surface area contributed by atoms with Crippen molar-refractivity contribution in [1.29, 1.82) is 0 Å². The Kier molecular flexibility index (Phi) is 3.52. The molecule has 2 heterocycles. The van der Waals surface area contributed by atoms with Crippen LogP contribution in [0.25, 0.3) is 0 Å². The van der Waals surface area contributed by atoms with Gasteiger partial charge in [0, 0.05) is 37.8 Å². The van der Waals surface area contributed by atoms with Gasteiger partial charge in [0.1, 0.15) is 5.82 Å². The first kappa shape index (κ1) is 12.8. The molecular weight excluding hydrogens is 230 g/mol. The molecule has 98 valence electrons. The Morgan fingerprint density at radius 3 is 2.83 bits per heavy atom. The van der Waals surface area contributed by atoms with Gasteiger partial charge in [-0.05, 0) is 12.1 Å². The van der Waals surface area contributed by atoms with Crippen LogP contribution in [-0.4, -0.2) is 44.7 Å². The van der Waals surface area contributed by atoms with Crippen LogP contribution in [0.3, 0.4) is 0 Å². The highest BCUT2D eigenvalue weighted by Gasteiger charge is 2.33. The summed E-state index contributed by atoms with van der Waals surface area (Å²) in [6, 6.07) is 3.51. The number of hydrogen-bond donors (Lipinski definition) is 1. The Bertz CT molecular complexity index is 442. The molecule has 5 heteroatoms. The van der Waals surface area contributed by atoms with Crippen molar-refractivity contribution in [2.24, 2.45) is 5.41 Å². The van der Waals surface area contributed by atoms with Crippen LogP contribution in [0.1, 0.15) is 17.3 Å². The minimum absolute atomic E-state index is 0.0615. The first-order chi connectivity index (χ1) is 8.50. The highest BCUT2D eigenvalue weighted by molar-refractivity contribution is 5.94. The maximum absolute atomic E-state index is 12.0. The summed E-state index contributed by atoms with van der Waals surface area (Å²) < 4.78 is 5.16. The zero-order valence-electron chi connectivity index (χ0n) is 11.1. The lowest BCUT2D eigenvalue weighted by Gasteiger charge is -2.38. The fourth-order valence-corrected chi connectivity index (χ4v) is 1.75. The molecule has 0 saturated carbocycles. The molecule has 0 atom stereocenters. The van der Waals surface area contributed by atoms with Gasteiger partial charge in [0.05, 0.1) is 13.2 Å². The number of nitrogens with one attached hydrogen (secondary N) is 1. The van der Waals surface area contributed by atoms with Crippen LogP contribution in [0.15, 0.2) is 18.3 Å². The number of nitrogens with zero attached hydrogens (tertiary/aromatic N) is 2. The van der Waals surface area contributed by atoms with Gasteiger partial charge in [-0.1, -0.05) is 6.92 Å². The molecule has 1 saturated heterocycles. The van der Waals surface area contributed by atoms with Gasteiger partial charge in [-0.25, -0.2) is 4.98 Å². The van der Waals surface area contributed by atoms with Crippen molar-refractivity contribution in [3.8, 4) is 0 Å². The maximum Gasteiger partial charge on any atom is 0.251 e. The molecule has 0 unspecified atom stereocenters. The highest BCUT2D eigenvalue weighted by atomic mass is 16.5. The topological polar surface area (TPSA) is 54.5 Å². The third kappa shape index (κ3) is 2.79. The fourth-order valence-electron chi connectivity index (χ4n) is 1.75. The van der Waals surface area contributed by atoms with E-state index in [2.05, 4.69) is 17.2 Å². The third-order valence-corrected chi connectivity index (χ3v) is 3.04. The molecular formula is C13H19N3O2. The summed E-state index contributed by atoms with van der Waals surface area (Å²) in [5.41, 5.74) is 0.727. The first-order valence-corrected chi connectivity index (χ1v) is 5.99. The van der Waals surface area contributed by atoms with Crippen LogP contribution in [0.4, 0.5) is 5.82 Å². The average molecular weight is 249 g/mol. The van der Waals surface area contributed by atoms with Crippen molar-refractivity contribution >= 4 is 11.7 Å². The van der Waals surface area contributed by atoms with Crippen LogP contribution < -0.4 is 10.2 Å². The first-order valence-electron chi connectivity index (χ1n) is 5.99. The van der Waals surface area contributed by atoms with Crippen LogP contribution in [0, 0.1) is 5.41 Å². The quantitative estimate of drug-likeness (QED) is 0.862. The Hall–Kier alpha value is -1.62. The van der Waals surface area contributed by atoms with E-state index in [-0.39, 0.29) is 11.3 Å². The zero-order valence-corrected chi connectivity index (χ0v) is 11.1. The summed E-state index contributed by atoms with van der Waals surface area (Å²) in [4.78, 5) is 18.1. The molecule has 0 aliphatic carbocycles. The van der Waals surface area contributed by atoms with E-state index < -0.39 is 0 Å². The van der Waals surface area contributed by atoms with E-state index >= 15 is 0 Å². The number of rotatable bonds is 4. The smallest absolute Gasteiger partial charge is 0.251 e. The van der Waals surface area contributed by atoms with Crippen molar-refractivity contribution in [3.05, 3.63) is 23.9 Å². The molecule has 0 radical (unpaired) electrons. The van der Waals surface area contributed by atoms with Gasteiger partial charge in [0.15, 0.2) is 0 Å². The molecule has 1 aliphatic heterocycles. The van der Waals surface area contributed by atoms with Crippen molar-refractivity contribution in [3.63, 3.8) is 0 Å². The van der Waals surface area contributed by atoms with Gasteiger partial charge in [0.25, 0.3) is 5.91 Å². The number of aromatic nitrogens is 1. The van der Waals surface area contributed by atoms with Crippen LogP contribution in [0.5, 0.6) is 0 Å². The molecule has 1 aromatic rings. The minimum Gasteiger partial charge on any atom is -0.380 e. The largest absolute Gasteiger partial charge is 0.380 e. The Labute approximate surface area is 107 Å². The number of ether oxygens (including phenoxy) is 1. The van der Waals surface area contributed by atoms with Gasteiger partial charge in [-0.2, -0.15) is 0 Å². The van der Waals surface area contributed by atoms with E-state index in [1.165, 1.54) is 0 Å². The van der Waals surface area contributed by atoms with Gasteiger partial charge >= 0.3 is 0 Å². The second-order valence-corrected chi connectivity index (χ2v) is 5.28. The predicted octanol–water partition coefficient (Wildman–Crippen LogP) is 0.914. The Morgan fingerprint density at radius 1 is 1.56 bits per heavy atom. The second-order valence-electron chi connectivity index (χ2n) is 5.28. The van der Waals surface area contributed by atoms with Gasteiger partial charge < -0.3 is 15.0 Å². The molecule has 1 fully saturated rings. The van der Waals surface area contributed by atoms with E-state index in [0.717, 1.165) is 5.82 Å². The standard InChI is InChI=1S/C13H19N3O2/c1-13(8-18-9-13)7-15-12(17)10-4-5-14-11(6-10)16(2)3/h4-6H,7-9H2,1-3H3,(H,15,17).